The maximum atomic E-state index is 12.8. The van der Waals surface area contributed by atoms with Gasteiger partial charge in [-0.1, -0.05) is 0 Å². The maximum Gasteiger partial charge on any atom is 0.417 e. The Balaban J connectivity index is 2.76. The first-order valence-electron chi connectivity index (χ1n) is 5.38. The summed E-state index contributed by atoms with van der Waals surface area (Å²) in [6, 6.07) is 3.45. The van der Waals surface area contributed by atoms with Gasteiger partial charge in [0.05, 0.1) is 6.42 Å². The van der Waals surface area contributed by atoms with Gasteiger partial charge >= 0.3 is 6.18 Å². The average Bonchev–Trinajstić information content (AvgIpc) is 2.19. The fourth-order valence-electron chi connectivity index (χ4n) is 1.37. The third-order valence-electron chi connectivity index (χ3n) is 2.58. The van der Waals surface area contributed by atoms with Crippen molar-refractivity contribution in [2.45, 2.75) is 32.0 Å². The van der Waals surface area contributed by atoms with E-state index >= 15 is 0 Å². The second-order valence-corrected chi connectivity index (χ2v) is 4.46. The van der Waals surface area contributed by atoms with Gasteiger partial charge in [0.1, 0.15) is 5.82 Å². The first-order chi connectivity index (χ1) is 8.53. The van der Waals surface area contributed by atoms with Gasteiger partial charge in [0.15, 0.2) is 5.60 Å². The van der Waals surface area contributed by atoms with Crippen molar-refractivity contribution in [3.05, 3.63) is 29.6 Å². The predicted molar refractivity (Wildman–Crippen MR) is 61.1 cm³/mol. The average molecular weight is 279 g/mol. The molecule has 1 rings (SSSR count). The van der Waals surface area contributed by atoms with E-state index in [1.807, 2.05) is 0 Å². The van der Waals surface area contributed by atoms with Gasteiger partial charge in [0.2, 0.25) is 5.91 Å². The van der Waals surface area contributed by atoms with Gasteiger partial charge in [-0.3, -0.25) is 4.79 Å². The molecule has 1 atom stereocenters. The molecule has 7 heteroatoms. The molecule has 2 N–H and O–H groups in total. The molecule has 19 heavy (non-hydrogen) atoms. The van der Waals surface area contributed by atoms with Crippen LogP contribution in [0.1, 0.15) is 18.9 Å². The van der Waals surface area contributed by atoms with Crippen LogP contribution in [-0.4, -0.2) is 22.8 Å². The van der Waals surface area contributed by atoms with Crippen molar-refractivity contribution in [2.75, 3.05) is 5.32 Å². The molecule has 0 fully saturated rings. The number of hydrogen-bond acceptors (Lipinski definition) is 2. The Kier molecular flexibility index (Phi) is 4.19. The van der Waals surface area contributed by atoms with E-state index < -0.39 is 29.9 Å². The molecule has 0 saturated heterocycles. The largest absolute Gasteiger partial charge is 0.417 e. The third kappa shape index (κ3) is 3.92. The molecular weight excluding hydrogens is 266 g/mol. The zero-order valence-electron chi connectivity index (χ0n) is 10.3. The van der Waals surface area contributed by atoms with Crippen LogP contribution >= 0.6 is 0 Å². The molecule has 0 aliphatic rings. The number of carbonyl (C=O) groups excluding carboxylic acids is 1. The van der Waals surface area contributed by atoms with Crippen LogP contribution in [-0.2, 0) is 4.79 Å². The highest BCUT2D eigenvalue weighted by Gasteiger charge is 2.50. The van der Waals surface area contributed by atoms with Crippen molar-refractivity contribution in [2.24, 2.45) is 0 Å². The van der Waals surface area contributed by atoms with Gasteiger partial charge in [-0.05, 0) is 37.6 Å². The van der Waals surface area contributed by atoms with E-state index in [1.165, 1.54) is 13.0 Å². The van der Waals surface area contributed by atoms with Gasteiger partial charge in [0.25, 0.3) is 0 Å². The van der Waals surface area contributed by atoms with Crippen molar-refractivity contribution in [3.63, 3.8) is 0 Å². The second kappa shape index (κ2) is 5.16. The number of benzene rings is 1. The van der Waals surface area contributed by atoms with Gasteiger partial charge in [-0.2, -0.15) is 13.2 Å². The lowest BCUT2D eigenvalue weighted by Crippen LogP contribution is -2.44. The Morgan fingerprint density at radius 1 is 1.37 bits per heavy atom. The molecule has 0 heterocycles. The first kappa shape index (κ1) is 15.4. The summed E-state index contributed by atoms with van der Waals surface area (Å²) < 4.78 is 50.0. The Morgan fingerprint density at radius 3 is 2.42 bits per heavy atom. The van der Waals surface area contributed by atoms with Crippen molar-refractivity contribution >= 4 is 11.6 Å². The fourth-order valence-corrected chi connectivity index (χ4v) is 1.37. The lowest BCUT2D eigenvalue weighted by atomic mass is 10.0. The van der Waals surface area contributed by atoms with Crippen LogP contribution in [0.5, 0.6) is 0 Å². The van der Waals surface area contributed by atoms with Crippen LogP contribution in [0, 0.1) is 12.7 Å². The highest BCUT2D eigenvalue weighted by Crippen LogP contribution is 2.32. The van der Waals surface area contributed by atoms with Gasteiger partial charge in [-0.25, -0.2) is 4.39 Å². The summed E-state index contributed by atoms with van der Waals surface area (Å²) in [5.74, 6) is -1.52. The molecule has 0 aliphatic heterocycles. The van der Waals surface area contributed by atoms with Crippen LogP contribution in [0.3, 0.4) is 0 Å². The van der Waals surface area contributed by atoms with Crippen LogP contribution < -0.4 is 5.32 Å². The molecule has 106 valence electrons. The molecule has 0 aliphatic carbocycles. The number of halogens is 4. The standard InChI is InChI=1S/C12H13F4NO2/c1-7-5-8(13)3-4-9(7)17-10(18)6-11(2,19)12(14,15)16/h3-5,19H,6H2,1-2H3,(H,17,18)/t11-/m0/s1. The Labute approximate surface area is 107 Å². The molecule has 0 saturated carbocycles. The highest BCUT2D eigenvalue weighted by molar-refractivity contribution is 5.92. The minimum Gasteiger partial charge on any atom is -0.380 e. The summed E-state index contributed by atoms with van der Waals surface area (Å²) in [5.41, 5.74) is -2.53. The normalized spacial score (nSPS) is 14.9. The highest BCUT2D eigenvalue weighted by atomic mass is 19.4. The third-order valence-corrected chi connectivity index (χ3v) is 2.58. The number of anilines is 1. The molecule has 3 nitrogen and oxygen atoms in total. The monoisotopic (exact) mass is 279 g/mol. The SMILES string of the molecule is Cc1cc(F)ccc1NC(=O)C[C@](C)(O)C(F)(F)F. The minimum atomic E-state index is -4.90. The minimum absolute atomic E-state index is 0.198. The number of carbonyl (C=O) groups is 1. The van der Waals surface area contributed by atoms with E-state index in [0.29, 0.717) is 12.5 Å². The van der Waals surface area contributed by atoms with Crippen molar-refractivity contribution in [1.82, 2.24) is 0 Å². The number of rotatable bonds is 3. The zero-order chi connectivity index (χ0) is 14.8. The zero-order valence-corrected chi connectivity index (χ0v) is 10.3. The Morgan fingerprint density at radius 2 is 1.95 bits per heavy atom. The summed E-state index contributed by atoms with van der Waals surface area (Å²) in [4.78, 5) is 11.4. The summed E-state index contributed by atoms with van der Waals surface area (Å²) in [5, 5.41) is 11.4. The predicted octanol–water partition coefficient (Wildman–Crippen LogP) is 2.78. The van der Waals surface area contributed by atoms with Crippen molar-refractivity contribution < 1.29 is 27.5 Å². The molecule has 0 bridgehead atoms. The van der Waals surface area contributed by atoms with E-state index in [2.05, 4.69) is 5.32 Å². The number of aryl methyl sites for hydroxylation is 1. The summed E-state index contributed by atoms with van der Waals surface area (Å²) in [6.07, 6.45) is -6.03. The number of amides is 1. The number of aliphatic hydroxyl groups is 1. The summed E-state index contributed by atoms with van der Waals surface area (Å²) in [6.45, 7) is 2.02. The summed E-state index contributed by atoms with van der Waals surface area (Å²) in [7, 11) is 0. The van der Waals surface area contributed by atoms with Crippen molar-refractivity contribution in [3.8, 4) is 0 Å². The smallest absolute Gasteiger partial charge is 0.380 e. The molecule has 1 amide bonds. The molecule has 0 radical (unpaired) electrons. The Bertz CT molecular complexity index is 483. The molecule has 0 spiro atoms. The lowest BCUT2D eigenvalue weighted by Gasteiger charge is -2.25. The van der Waals surface area contributed by atoms with E-state index in [0.717, 1.165) is 12.1 Å². The van der Waals surface area contributed by atoms with Crippen LogP contribution in [0.2, 0.25) is 0 Å². The Hall–Kier alpha value is -1.63. The van der Waals surface area contributed by atoms with Crippen LogP contribution in [0.25, 0.3) is 0 Å². The number of alkyl halides is 3. The topological polar surface area (TPSA) is 49.3 Å². The van der Waals surface area contributed by atoms with E-state index in [4.69, 9.17) is 5.11 Å². The molecule has 0 aromatic heterocycles. The quantitative estimate of drug-likeness (QED) is 0.836. The van der Waals surface area contributed by atoms with Crippen molar-refractivity contribution in [1.29, 1.82) is 0 Å². The lowest BCUT2D eigenvalue weighted by molar-refractivity contribution is -0.252. The number of hydrogen-bond donors (Lipinski definition) is 2. The second-order valence-electron chi connectivity index (χ2n) is 4.46. The van der Waals surface area contributed by atoms with E-state index in [-0.39, 0.29) is 5.69 Å². The van der Waals surface area contributed by atoms with Gasteiger partial charge in [0, 0.05) is 5.69 Å². The van der Waals surface area contributed by atoms with Gasteiger partial charge < -0.3 is 10.4 Å². The van der Waals surface area contributed by atoms with E-state index in [9.17, 15) is 22.4 Å². The van der Waals surface area contributed by atoms with Gasteiger partial charge in [-0.15, -0.1) is 0 Å². The molecular formula is C12H13F4NO2. The van der Waals surface area contributed by atoms with Crippen LogP contribution in [0.4, 0.5) is 23.2 Å². The fraction of sp³-hybridized carbons (Fsp3) is 0.417. The molecule has 0 unspecified atom stereocenters. The molecule has 1 aromatic rings. The maximum absolute atomic E-state index is 12.8. The molecule has 1 aromatic carbocycles. The number of nitrogens with one attached hydrogen (secondary N) is 1. The summed E-state index contributed by atoms with van der Waals surface area (Å²) >= 11 is 0. The van der Waals surface area contributed by atoms with E-state index in [1.54, 1.807) is 0 Å². The first-order valence-corrected chi connectivity index (χ1v) is 5.38. The van der Waals surface area contributed by atoms with Crippen LogP contribution in [0.15, 0.2) is 18.2 Å².